The number of phosphoric ester groups is 1. The van der Waals surface area contributed by atoms with Crippen LogP contribution in [-0.4, -0.2) is 64.9 Å². The summed E-state index contributed by atoms with van der Waals surface area (Å²) in [6.07, 6.45) is 5.97. The Bertz CT molecular complexity index is 586. The molecule has 0 heterocycles. The van der Waals surface area contributed by atoms with Crippen molar-refractivity contribution in [3.05, 3.63) is 0 Å². The number of carbonyl (C=O) groups is 3. The van der Waals surface area contributed by atoms with E-state index in [1.54, 1.807) is 6.92 Å². The second-order valence-electron chi connectivity index (χ2n) is 7.08. The quantitative estimate of drug-likeness (QED) is 0.125. The smallest absolute Gasteiger partial charge is 0.472 e. The van der Waals surface area contributed by atoms with Gasteiger partial charge in [-0.1, -0.05) is 52.4 Å². The average molecular weight is 469 g/mol. The molecule has 0 aliphatic heterocycles. The van der Waals surface area contributed by atoms with Gasteiger partial charge in [0.15, 0.2) is 6.04 Å². The molecule has 3 atom stereocenters. The van der Waals surface area contributed by atoms with Crippen LogP contribution in [0.2, 0.25) is 0 Å². The molecular formula is C19H36NO10P. The van der Waals surface area contributed by atoms with Crippen LogP contribution in [0.5, 0.6) is 0 Å². The van der Waals surface area contributed by atoms with E-state index in [0.717, 1.165) is 32.1 Å². The fourth-order valence-electron chi connectivity index (χ4n) is 2.41. The van der Waals surface area contributed by atoms with Crippen LogP contribution in [-0.2, 0) is 32.7 Å². The van der Waals surface area contributed by atoms with Crippen molar-refractivity contribution in [2.75, 3.05) is 19.8 Å². The van der Waals surface area contributed by atoms with Gasteiger partial charge in [-0.2, -0.15) is 0 Å². The summed E-state index contributed by atoms with van der Waals surface area (Å²) in [5, 5.41) is 21.0. The zero-order valence-electron chi connectivity index (χ0n) is 18.3. The minimum absolute atomic E-state index is 0.108. The molecule has 0 aliphatic carbocycles. The van der Waals surface area contributed by atoms with Gasteiger partial charge in [-0.25, -0.2) is 9.36 Å². The van der Waals surface area contributed by atoms with E-state index in [0.29, 0.717) is 6.42 Å². The Balaban J connectivity index is 4.23. The summed E-state index contributed by atoms with van der Waals surface area (Å²) >= 11 is 0. The summed E-state index contributed by atoms with van der Waals surface area (Å²) in [7, 11) is -4.69. The summed E-state index contributed by atoms with van der Waals surface area (Å²) in [6, 6.07) is -1.53. The molecule has 0 saturated carbocycles. The summed E-state index contributed by atoms with van der Waals surface area (Å²) in [6.45, 7) is 1.79. The number of hydrogen-bond acceptors (Lipinski definition) is 8. The Labute approximate surface area is 183 Å². The molecule has 0 fully saturated rings. The fourth-order valence-corrected chi connectivity index (χ4v) is 3.18. The van der Waals surface area contributed by atoms with Crippen LogP contribution in [0.1, 0.15) is 71.6 Å². The highest BCUT2D eigenvalue weighted by Crippen LogP contribution is 2.43. The lowest BCUT2D eigenvalue weighted by molar-refractivity contribution is -0.146. The first-order valence-electron chi connectivity index (χ1n) is 10.6. The molecule has 12 heteroatoms. The number of hydrogen-bond donors (Lipinski definition) is 4. The molecule has 0 aromatic carbocycles. The SMILES string of the molecule is CCCCCCCCCC(=O)NC(COP(=O)(O)OCC(O)COC(=O)CC)C(=O)O. The molecule has 0 saturated heterocycles. The molecule has 4 N–H and O–H groups in total. The molecule has 0 radical (unpaired) electrons. The molecule has 0 spiro atoms. The number of carboxylic acids is 1. The van der Waals surface area contributed by atoms with Crippen molar-refractivity contribution in [2.24, 2.45) is 0 Å². The van der Waals surface area contributed by atoms with Gasteiger partial charge in [0, 0.05) is 12.8 Å². The summed E-state index contributed by atoms with van der Waals surface area (Å²) < 4.78 is 25.6. The van der Waals surface area contributed by atoms with Crippen molar-refractivity contribution in [3.63, 3.8) is 0 Å². The number of carbonyl (C=O) groups excluding carboxylic acids is 2. The van der Waals surface area contributed by atoms with Crippen LogP contribution in [0.25, 0.3) is 0 Å². The van der Waals surface area contributed by atoms with E-state index in [-0.39, 0.29) is 12.8 Å². The highest BCUT2D eigenvalue weighted by atomic mass is 31.2. The van der Waals surface area contributed by atoms with Crippen LogP contribution in [0.3, 0.4) is 0 Å². The van der Waals surface area contributed by atoms with Crippen molar-refractivity contribution in [3.8, 4) is 0 Å². The second kappa shape index (κ2) is 17.1. The number of amides is 1. The van der Waals surface area contributed by atoms with Gasteiger partial charge in [0.2, 0.25) is 5.91 Å². The van der Waals surface area contributed by atoms with Gasteiger partial charge in [0.1, 0.15) is 12.7 Å². The van der Waals surface area contributed by atoms with Gasteiger partial charge >= 0.3 is 19.8 Å². The molecule has 182 valence electrons. The molecule has 0 aliphatic rings. The summed E-state index contributed by atoms with van der Waals surface area (Å²) in [5.74, 6) is -2.48. The van der Waals surface area contributed by atoms with Gasteiger partial charge in [0.25, 0.3) is 0 Å². The number of unbranched alkanes of at least 4 members (excludes halogenated alkanes) is 6. The van der Waals surface area contributed by atoms with Crippen molar-refractivity contribution < 1.29 is 47.8 Å². The highest BCUT2D eigenvalue weighted by Gasteiger charge is 2.28. The normalized spacial score (nSPS) is 15.0. The van der Waals surface area contributed by atoms with Gasteiger partial charge in [-0.15, -0.1) is 0 Å². The van der Waals surface area contributed by atoms with E-state index in [9.17, 15) is 34.1 Å². The Kier molecular flexibility index (Phi) is 16.2. The first kappa shape index (κ1) is 29.5. The Morgan fingerprint density at radius 2 is 1.52 bits per heavy atom. The Hall–Kier alpha value is -1.52. The molecule has 0 bridgehead atoms. The van der Waals surface area contributed by atoms with E-state index in [4.69, 9.17) is 0 Å². The Morgan fingerprint density at radius 1 is 0.935 bits per heavy atom. The van der Waals surface area contributed by atoms with Gasteiger partial charge in [-0.05, 0) is 6.42 Å². The van der Waals surface area contributed by atoms with E-state index in [2.05, 4.69) is 26.0 Å². The summed E-state index contributed by atoms with van der Waals surface area (Å²) in [5.41, 5.74) is 0. The molecule has 31 heavy (non-hydrogen) atoms. The minimum Gasteiger partial charge on any atom is -0.480 e. The lowest BCUT2D eigenvalue weighted by Crippen LogP contribution is -2.43. The molecule has 1 amide bonds. The first-order chi connectivity index (χ1) is 14.6. The number of aliphatic carboxylic acids is 1. The highest BCUT2D eigenvalue weighted by molar-refractivity contribution is 7.47. The zero-order valence-corrected chi connectivity index (χ0v) is 19.2. The van der Waals surface area contributed by atoms with Gasteiger partial charge in [-0.3, -0.25) is 18.6 Å². The van der Waals surface area contributed by atoms with Crippen molar-refractivity contribution in [1.82, 2.24) is 5.32 Å². The minimum atomic E-state index is -4.69. The van der Waals surface area contributed by atoms with Gasteiger partial charge < -0.3 is 25.2 Å². The number of phosphoric acid groups is 1. The predicted octanol–water partition coefficient (Wildman–Crippen LogP) is 2.14. The number of ether oxygens (including phenoxy) is 1. The molecule has 0 aromatic rings. The molecule has 3 unspecified atom stereocenters. The van der Waals surface area contributed by atoms with Crippen molar-refractivity contribution >= 4 is 25.7 Å². The number of esters is 1. The lowest BCUT2D eigenvalue weighted by atomic mass is 10.1. The zero-order chi connectivity index (χ0) is 23.7. The van der Waals surface area contributed by atoms with E-state index >= 15 is 0 Å². The van der Waals surface area contributed by atoms with Crippen LogP contribution in [0, 0.1) is 0 Å². The van der Waals surface area contributed by atoms with Crippen LogP contribution in [0.15, 0.2) is 0 Å². The number of aliphatic hydroxyl groups excluding tert-OH is 1. The molecule has 0 rings (SSSR count). The number of rotatable bonds is 19. The third kappa shape index (κ3) is 16.8. The number of aliphatic hydroxyl groups is 1. The fraction of sp³-hybridized carbons (Fsp3) is 0.842. The standard InChI is InChI=1S/C19H36NO10P/c1-3-5-6-7-8-9-10-11-17(22)20-16(19(24)25)14-30-31(26,27)29-13-15(21)12-28-18(23)4-2/h15-16,21H,3-14H2,1-2H3,(H,20,22)(H,24,25)(H,26,27). The van der Waals surface area contributed by atoms with E-state index < -0.39 is 57.6 Å². The topological polar surface area (TPSA) is 169 Å². The summed E-state index contributed by atoms with van der Waals surface area (Å²) in [4.78, 5) is 43.8. The maximum atomic E-state index is 11.9. The van der Waals surface area contributed by atoms with Crippen LogP contribution < -0.4 is 5.32 Å². The second-order valence-corrected chi connectivity index (χ2v) is 8.53. The molecular weight excluding hydrogens is 433 g/mol. The predicted molar refractivity (Wildman–Crippen MR) is 111 cm³/mol. The number of nitrogens with one attached hydrogen (secondary N) is 1. The maximum absolute atomic E-state index is 11.9. The molecule has 11 nitrogen and oxygen atoms in total. The van der Waals surface area contributed by atoms with Crippen molar-refractivity contribution in [2.45, 2.75) is 83.8 Å². The lowest BCUT2D eigenvalue weighted by Gasteiger charge is -2.18. The first-order valence-corrected chi connectivity index (χ1v) is 12.1. The monoisotopic (exact) mass is 469 g/mol. The number of carboxylic acid groups (broad SMARTS) is 1. The third-order valence-corrected chi connectivity index (χ3v) is 5.15. The third-order valence-electron chi connectivity index (χ3n) is 4.20. The average Bonchev–Trinajstić information content (AvgIpc) is 2.72. The van der Waals surface area contributed by atoms with Gasteiger partial charge in [0.05, 0.1) is 13.2 Å². The van der Waals surface area contributed by atoms with Crippen LogP contribution >= 0.6 is 7.82 Å². The Morgan fingerprint density at radius 3 is 2.10 bits per heavy atom. The maximum Gasteiger partial charge on any atom is 0.472 e. The molecule has 0 aromatic heterocycles. The van der Waals surface area contributed by atoms with Crippen LogP contribution in [0.4, 0.5) is 0 Å². The van der Waals surface area contributed by atoms with E-state index in [1.165, 1.54) is 6.42 Å². The van der Waals surface area contributed by atoms with Crippen molar-refractivity contribution in [1.29, 1.82) is 0 Å². The largest absolute Gasteiger partial charge is 0.480 e. The van der Waals surface area contributed by atoms with E-state index in [1.807, 2.05) is 0 Å².